The second-order valence-corrected chi connectivity index (χ2v) is 18.3. The fraction of sp³-hybridized carbons (Fsp3) is 0.620. The summed E-state index contributed by atoms with van der Waals surface area (Å²) in [5.74, 6) is -1.00. The predicted octanol–water partition coefficient (Wildman–Crippen LogP) is 4.85. The van der Waals surface area contributed by atoms with Crippen molar-refractivity contribution in [3.05, 3.63) is 106 Å². The highest BCUT2D eigenvalue weighted by molar-refractivity contribution is 5.74. The van der Waals surface area contributed by atoms with Crippen molar-refractivity contribution in [3.63, 3.8) is 0 Å². The number of rotatable bonds is 19. The monoisotopic (exact) mass is 846 g/mol. The third-order valence-corrected chi connectivity index (χ3v) is 14.6. The minimum Gasteiger partial charge on any atom is -0.396 e. The number of aliphatic hydroxyl groups excluding tert-OH is 4. The van der Waals surface area contributed by atoms with E-state index in [1.54, 1.807) is 7.11 Å². The van der Waals surface area contributed by atoms with Gasteiger partial charge in [0.1, 0.15) is 19.3 Å². The molecule has 10 atom stereocenters. The molecule has 8 N–H and O–H groups in total. The first kappa shape index (κ1) is 49.0. The SMILES string of the molecule is C=C(C=CC=C(COCO)[C@H]1CC[C@]2([C@@H]1O)[C@H]1C(=C(C)C=O)[C@@H](C=C[C@H]1CCO)C[C@]2(O)CCNC)[C@H]1CC=C(C)[C@@H](O)N[C@@](CCNC)(CCOC)Cc2cccc(c2)C1. The zero-order chi connectivity index (χ0) is 44.2. The molecule has 0 amide bonds. The van der Waals surface area contributed by atoms with E-state index in [2.05, 4.69) is 65.0 Å². The lowest BCUT2D eigenvalue weighted by Gasteiger charge is -2.61. The van der Waals surface area contributed by atoms with E-state index >= 15 is 0 Å². The van der Waals surface area contributed by atoms with Crippen molar-refractivity contribution >= 4 is 6.29 Å². The van der Waals surface area contributed by atoms with Crippen molar-refractivity contribution in [3.8, 4) is 0 Å². The second kappa shape index (κ2) is 22.5. The van der Waals surface area contributed by atoms with Crippen LogP contribution in [0.4, 0.5) is 0 Å². The highest BCUT2D eigenvalue weighted by Gasteiger charge is 2.68. The Morgan fingerprint density at radius 2 is 1.84 bits per heavy atom. The second-order valence-electron chi connectivity index (χ2n) is 18.3. The maximum Gasteiger partial charge on any atom is 0.145 e. The maximum atomic E-state index is 12.9. The van der Waals surface area contributed by atoms with Crippen molar-refractivity contribution in [1.82, 2.24) is 16.0 Å². The highest BCUT2D eigenvalue weighted by atomic mass is 16.6. The van der Waals surface area contributed by atoms with Gasteiger partial charge in [-0.25, -0.2) is 0 Å². The van der Waals surface area contributed by atoms with Gasteiger partial charge in [0, 0.05) is 43.1 Å². The van der Waals surface area contributed by atoms with Gasteiger partial charge in [0.25, 0.3) is 0 Å². The molecule has 2 saturated carbocycles. The first-order valence-electron chi connectivity index (χ1n) is 22.4. The zero-order valence-corrected chi connectivity index (χ0v) is 37.4. The summed E-state index contributed by atoms with van der Waals surface area (Å²) in [4.78, 5) is 12.4. The first-order valence-corrected chi connectivity index (χ1v) is 22.4. The third kappa shape index (κ3) is 11.0. The number of carbonyl (C=O) groups excluding carboxylic acids is 1. The topological polar surface area (TPSA) is 173 Å². The summed E-state index contributed by atoms with van der Waals surface area (Å²) in [6.07, 6.45) is 17.4. The largest absolute Gasteiger partial charge is 0.396 e. The minimum absolute atomic E-state index is 0.0351. The van der Waals surface area contributed by atoms with E-state index in [9.17, 15) is 30.3 Å². The molecule has 0 unspecified atom stereocenters. The first-order chi connectivity index (χ1) is 29.4. The molecule has 3 aliphatic carbocycles. The molecule has 338 valence electrons. The fourth-order valence-electron chi connectivity index (χ4n) is 11.4. The number of fused-ring (bicyclic) bond motifs is 5. The maximum absolute atomic E-state index is 12.9. The molecule has 0 aromatic heterocycles. The zero-order valence-electron chi connectivity index (χ0n) is 37.4. The molecule has 11 nitrogen and oxygen atoms in total. The van der Waals surface area contributed by atoms with Crippen molar-refractivity contribution < 1.29 is 39.8 Å². The number of ether oxygens (including phenoxy) is 2. The van der Waals surface area contributed by atoms with Crippen LogP contribution < -0.4 is 16.0 Å². The molecule has 4 bridgehead atoms. The van der Waals surface area contributed by atoms with Gasteiger partial charge in [0.2, 0.25) is 0 Å². The van der Waals surface area contributed by atoms with E-state index in [-0.39, 0.29) is 42.4 Å². The Hall–Kier alpha value is -3.07. The Bertz CT molecular complexity index is 1780. The van der Waals surface area contributed by atoms with E-state index in [0.29, 0.717) is 57.2 Å². The lowest BCUT2D eigenvalue weighted by molar-refractivity contribution is -0.194. The molecule has 1 spiro atoms. The summed E-state index contributed by atoms with van der Waals surface area (Å²) in [5, 5.41) is 67.3. The number of aliphatic hydroxyl groups is 5. The van der Waals surface area contributed by atoms with Gasteiger partial charge < -0.3 is 45.6 Å². The normalized spacial score (nSPS) is 34.0. The third-order valence-electron chi connectivity index (χ3n) is 14.6. The van der Waals surface area contributed by atoms with Gasteiger partial charge in [0.05, 0.1) is 18.3 Å². The van der Waals surface area contributed by atoms with E-state index < -0.39 is 36.1 Å². The number of nitrogens with one attached hydrogen (secondary N) is 3. The van der Waals surface area contributed by atoms with Gasteiger partial charge in [0.15, 0.2) is 0 Å². The Morgan fingerprint density at radius 3 is 2.54 bits per heavy atom. The minimum atomic E-state index is -1.25. The molecule has 61 heavy (non-hydrogen) atoms. The lowest BCUT2D eigenvalue weighted by atomic mass is 9.45. The Kier molecular flexibility index (Phi) is 18.1. The molecule has 11 heteroatoms. The van der Waals surface area contributed by atoms with Crippen LogP contribution in [-0.4, -0.2) is 116 Å². The lowest BCUT2D eigenvalue weighted by Crippen LogP contribution is -2.65. The molecule has 2 fully saturated rings. The number of aldehydes is 1. The van der Waals surface area contributed by atoms with Crippen LogP contribution in [0.2, 0.25) is 0 Å². The average Bonchev–Trinajstić information content (AvgIpc) is 3.60. The smallest absolute Gasteiger partial charge is 0.145 e. The van der Waals surface area contributed by atoms with E-state index in [1.165, 1.54) is 11.1 Å². The number of allylic oxidation sites excluding steroid dienone is 9. The Balaban J connectivity index is 1.47. The van der Waals surface area contributed by atoms with Gasteiger partial charge in [-0.1, -0.05) is 78.4 Å². The molecule has 1 aromatic rings. The van der Waals surface area contributed by atoms with E-state index in [0.717, 1.165) is 60.8 Å². The summed E-state index contributed by atoms with van der Waals surface area (Å²) in [6.45, 7) is 9.81. The number of methoxy groups -OCH3 is 1. The van der Waals surface area contributed by atoms with Crippen LogP contribution in [0.1, 0.15) is 76.3 Å². The molecule has 1 aliphatic heterocycles. The number of hydrogen-bond acceptors (Lipinski definition) is 11. The standard InChI is InChI=1S/C50H75N3O8/c1-34(40-14-13-35(2)47(58)53-48(20-23-51-4,22-26-60-6)29-38-11-8-10-37(27-38)28-40)9-7-12-42(32-61-33-56)43-17-19-50(46(43)57)45-39(18-25-54)15-16-41(44(45)36(3)31-55)30-49(50,59)21-24-52-5/h7-13,15-16,27,31,39-41,43,45-47,51-54,56-59H,1,14,17-26,28-30,32-33H2,2-6H3/t39-,40-,41-,43+,45+,46+,47+,48-,49+,50+/m0/s1. The molecular weight excluding hydrogens is 771 g/mol. The van der Waals surface area contributed by atoms with Gasteiger partial charge in [-0.15, -0.1) is 0 Å². The van der Waals surface area contributed by atoms with Gasteiger partial charge >= 0.3 is 0 Å². The average molecular weight is 846 g/mol. The summed E-state index contributed by atoms with van der Waals surface area (Å²) < 4.78 is 11.2. The summed E-state index contributed by atoms with van der Waals surface area (Å²) in [5.41, 5.74) is 3.94. The van der Waals surface area contributed by atoms with Crippen LogP contribution in [0.3, 0.4) is 0 Å². The van der Waals surface area contributed by atoms with Gasteiger partial charge in [-0.3, -0.25) is 10.1 Å². The molecule has 4 aliphatic rings. The van der Waals surface area contributed by atoms with Crippen LogP contribution in [0.5, 0.6) is 0 Å². The predicted molar refractivity (Wildman–Crippen MR) is 241 cm³/mol. The van der Waals surface area contributed by atoms with Crippen LogP contribution in [0.25, 0.3) is 0 Å². The van der Waals surface area contributed by atoms with Gasteiger partial charge in [-0.2, -0.15) is 0 Å². The quantitative estimate of drug-likeness (QED) is 0.0315. The number of benzene rings is 1. The molecule has 0 saturated heterocycles. The van der Waals surface area contributed by atoms with Crippen LogP contribution in [-0.2, 0) is 27.1 Å². The Morgan fingerprint density at radius 1 is 1.08 bits per heavy atom. The summed E-state index contributed by atoms with van der Waals surface area (Å²) in [6, 6.07) is 8.71. The summed E-state index contributed by atoms with van der Waals surface area (Å²) >= 11 is 0. The van der Waals surface area contributed by atoms with Crippen LogP contribution >= 0.6 is 0 Å². The number of hydrogen-bond donors (Lipinski definition) is 8. The molecule has 1 aromatic carbocycles. The molecule has 1 heterocycles. The van der Waals surface area contributed by atoms with Crippen LogP contribution in [0, 0.1) is 35.0 Å². The van der Waals surface area contributed by atoms with Crippen molar-refractivity contribution in [1.29, 1.82) is 0 Å². The Labute approximate surface area is 364 Å². The molecule has 0 radical (unpaired) electrons. The molecular formula is C50H75N3O8. The van der Waals surface area contributed by atoms with E-state index in [4.69, 9.17) is 9.47 Å². The van der Waals surface area contributed by atoms with Crippen molar-refractivity contribution in [2.45, 2.75) is 102 Å². The van der Waals surface area contributed by atoms with Gasteiger partial charge in [-0.05, 0) is 151 Å². The molecule has 5 rings (SSSR count). The fourth-order valence-corrected chi connectivity index (χ4v) is 11.4. The van der Waals surface area contributed by atoms with Crippen molar-refractivity contribution in [2.75, 3.05) is 60.9 Å². The highest BCUT2D eigenvalue weighted by Crippen LogP contribution is 2.67. The van der Waals surface area contributed by atoms with E-state index in [1.807, 2.05) is 46.2 Å². The number of carbonyl (C=O) groups is 1. The van der Waals surface area contributed by atoms with Crippen LogP contribution in [0.15, 0.2) is 95.2 Å². The summed E-state index contributed by atoms with van der Waals surface area (Å²) in [7, 11) is 5.52. The van der Waals surface area contributed by atoms with Crippen molar-refractivity contribution in [2.24, 2.45) is 35.0 Å².